The van der Waals surface area contributed by atoms with Gasteiger partial charge in [-0.15, -0.1) is 0 Å². The van der Waals surface area contributed by atoms with Crippen LogP contribution in [-0.2, 0) is 4.79 Å². The molecule has 3 saturated carbocycles. The number of aliphatic hydroxyl groups excluding tert-OH is 1. The van der Waals surface area contributed by atoms with Crippen molar-refractivity contribution in [1.82, 2.24) is 0 Å². The first-order valence-electron chi connectivity index (χ1n) is 13.0. The van der Waals surface area contributed by atoms with Crippen molar-refractivity contribution >= 4 is 5.78 Å². The van der Waals surface area contributed by atoms with Crippen molar-refractivity contribution < 1.29 is 9.90 Å². The molecule has 2 heteroatoms. The maximum atomic E-state index is 12.1. The Morgan fingerprint density at radius 2 is 1.77 bits per heavy atom. The minimum Gasteiger partial charge on any atom is -0.389 e. The maximum Gasteiger partial charge on any atom is 0.155 e. The average molecular weight is 415 g/mol. The standard InChI is InChI=1S/C28H46O2/c1-17(2)18(3)7-8-19(4)22-9-10-23-21-16-26(30)25-15-20(29)11-13-28(25,6)24(21)12-14-27(22,23)5/h15,17-19,21-24,26,30H,7-14,16H2,1-6H3/t18-,19-,21+,22-,23+,24+,26?,27-,28-/m1/s1. The minimum absolute atomic E-state index is 0.0496. The van der Waals surface area contributed by atoms with Crippen molar-refractivity contribution in [2.75, 3.05) is 0 Å². The predicted molar refractivity (Wildman–Crippen MR) is 124 cm³/mol. The Balaban J connectivity index is 1.52. The molecule has 0 spiro atoms. The second-order valence-corrected chi connectivity index (χ2v) is 12.6. The molecule has 0 aromatic carbocycles. The number of carbonyl (C=O) groups is 1. The van der Waals surface area contributed by atoms with Gasteiger partial charge in [-0.25, -0.2) is 0 Å². The van der Waals surface area contributed by atoms with Gasteiger partial charge < -0.3 is 5.11 Å². The first kappa shape index (κ1) is 22.6. The van der Waals surface area contributed by atoms with Gasteiger partial charge in [0.25, 0.3) is 0 Å². The SMILES string of the molecule is CC(C)[C@H](C)CC[C@@H](C)[C@H]1CC[C@H]2[C@@H]3CC(O)C4=CC(=O)CC[C@]4(C)[C@H]3CC[C@]12C. The second kappa shape index (κ2) is 8.05. The molecule has 0 saturated heterocycles. The fourth-order valence-electron chi connectivity index (χ4n) is 8.64. The molecule has 0 heterocycles. The van der Waals surface area contributed by atoms with Crippen LogP contribution in [0.2, 0.25) is 0 Å². The van der Waals surface area contributed by atoms with Crippen LogP contribution in [0.4, 0.5) is 0 Å². The minimum atomic E-state index is -0.397. The summed E-state index contributed by atoms with van der Waals surface area (Å²) in [5, 5.41) is 11.1. The zero-order chi connectivity index (χ0) is 21.8. The van der Waals surface area contributed by atoms with E-state index < -0.39 is 6.10 Å². The van der Waals surface area contributed by atoms with Crippen LogP contribution in [0.15, 0.2) is 11.6 Å². The zero-order valence-corrected chi connectivity index (χ0v) is 20.4. The molecule has 1 unspecified atom stereocenters. The van der Waals surface area contributed by atoms with Crippen molar-refractivity contribution in [3.8, 4) is 0 Å². The molecule has 9 atom stereocenters. The molecule has 0 aromatic rings. The summed E-state index contributed by atoms with van der Waals surface area (Å²) in [4.78, 5) is 12.1. The lowest BCUT2D eigenvalue weighted by molar-refractivity contribution is -0.119. The van der Waals surface area contributed by atoms with E-state index in [1.54, 1.807) is 0 Å². The molecule has 1 N–H and O–H groups in total. The highest BCUT2D eigenvalue weighted by Crippen LogP contribution is 2.67. The highest BCUT2D eigenvalue weighted by Gasteiger charge is 2.60. The topological polar surface area (TPSA) is 37.3 Å². The zero-order valence-electron chi connectivity index (χ0n) is 20.4. The van der Waals surface area contributed by atoms with Gasteiger partial charge in [-0.2, -0.15) is 0 Å². The number of ketones is 1. The van der Waals surface area contributed by atoms with E-state index in [9.17, 15) is 9.90 Å². The van der Waals surface area contributed by atoms with E-state index in [4.69, 9.17) is 0 Å². The summed E-state index contributed by atoms with van der Waals surface area (Å²) in [6, 6.07) is 0. The lowest BCUT2D eigenvalue weighted by Gasteiger charge is -2.59. The molecule has 3 fully saturated rings. The third kappa shape index (κ3) is 3.54. The van der Waals surface area contributed by atoms with E-state index in [-0.39, 0.29) is 11.2 Å². The fourth-order valence-corrected chi connectivity index (χ4v) is 8.64. The molecule has 2 nitrogen and oxygen atoms in total. The van der Waals surface area contributed by atoms with Crippen molar-refractivity contribution in [1.29, 1.82) is 0 Å². The average Bonchev–Trinajstić information content (AvgIpc) is 3.04. The first-order chi connectivity index (χ1) is 14.1. The number of aliphatic hydroxyl groups is 1. The molecule has 0 radical (unpaired) electrons. The van der Waals surface area contributed by atoms with Gasteiger partial charge in [0.2, 0.25) is 0 Å². The number of carbonyl (C=O) groups excluding carboxylic acids is 1. The van der Waals surface area contributed by atoms with Gasteiger partial charge in [0.15, 0.2) is 5.78 Å². The van der Waals surface area contributed by atoms with Crippen LogP contribution < -0.4 is 0 Å². The van der Waals surface area contributed by atoms with Crippen LogP contribution in [-0.4, -0.2) is 17.0 Å². The third-order valence-electron chi connectivity index (χ3n) is 11.0. The van der Waals surface area contributed by atoms with Gasteiger partial charge in [-0.1, -0.05) is 54.4 Å². The molecular formula is C28H46O2. The van der Waals surface area contributed by atoms with E-state index >= 15 is 0 Å². The summed E-state index contributed by atoms with van der Waals surface area (Å²) in [7, 11) is 0. The van der Waals surface area contributed by atoms with Crippen LogP contribution in [0.5, 0.6) is 0 Å². The van der Waals surface area contributed by atoms with Crippen LogP contribution in [0.1, 0.15) is 99.3 Å². The van der Waals surface area contributed by atoms with Crippen molar-refractivity contribution in [3.05, 3.63) is 11.6 Å². The first-order valence-corrected chi connectivity index (χ1v) is 13.0. The Morgan fingerprint density at radius 3 is 2.47 bits per heavy atom. The van der Waals surface area contributed by atoms with Gasteiger partial charge in [-0.3, -0.25) is 4.79 Å². The molecule has 4 rings (SSSR count). The largest absolute Gasteiger partial charge is 0.389 e. The van der Waals surface area contributed by atoms with Gasteiger partial charge in [0.05, 0.1) is 6.10 Å². The Hall–Kier alpha value is -0.630. The van der Waals surface area contributed by atoms with Crippen LogP contribution in [0.25, 0.3) is 0 Å². The van der Waals surface area contributed by atoms with E-state index in [2.05, 4.69) is 41.5 Å². The monoisotopic (exact) mass is 414 g/mol. The maximum absolute atomic E-state index is 12.1. The molecule has 0 amide bonds. The molecule has 30 heavy (non-hydrogen) atoms. The molecule has 4 aliphatic carbocycles. The van der Waals surface area contributed by atoms with E-state index in [1.807, 2.05) is 6.08 Å². The number of rotatable bonds is 5. The number of hydrogen-bond donors (Lipinski definition) is 1. The van der Waals surface area contributed by atoms with Crippen molar-refractivity contribution in [3.63, 3.8) is 0 Å². The molecule has 170 valence electrons. The van der Waals surface area contributed by atoms with Gasteiger partial charge >= 0.3 is 0 Å². The lowest BCUT2D eigenvalue weighted by atomic mass is 9.46. The normalized spacial score (nSPS) is 45.4. The molecule has 0 aliphatic heterocycles. The molecular weight excluding hydrogens is 368 g/mol. The van der Waals surface area contributed by atoms with Gasteiger partial charge in [0.1, 0.15) is 0 Å². The molecule has 0 bridgehead atoms. The van der Waals surface area contributed by atoms with E-state index in [1.165, 1.54) is 38.5 Å². The lowest BCUT2D eigenvalue weighted by Crippen LogP contribution is -2.54. The summed E-state index contributed by atoms with van der Waals surface area (Å²) >= 11 is 0. The van der Waals surface area contributed by atoms with E-state index in [0.29, 0.717) is 23.7 Å². The van der Waals surface area contributed by atoms with E-state index in [0.717, 1.165) is 48.0 Å². The molecule has 4 aliphatic rings. The van der Waals surface area contributed by atoms with Crippen LogP contribution in [0, 0.1) is 52.3 Å². The number of fused-ring (bicyclic) bond motifs is 5. The Morgan fingerprint density at radius 1 is 1.03 bits per heavy atom. The summed E-state index contributed by atoms with van der Waals surface area (Å²) in [5.41, 5.74) is 1.58. The second-order valence-electron chi connectivity index (χ2n) is 12.6. The van der Waals surface area contributed by atoms with Gasteiger partial charge in [-0.05, 0) is 102 Å². The third-order valence-corrected chi connectivity index (χ3v) is 11.0. The van der Waals surface area contributed by atoms with Gasteiger partial charge in [0, 0.05) is 6.42 Å². The van der Waals surface area contributed by atoms with Crippen LogP contribution >= 0.6 is 0 Å². The highest BCUT2D eigenvalue weighted by molar-refractivity contribution is 5.91. The predicted octanol–water partition coefficient (Wildman–Crippen LogP) is 6.81. The van der Waals surface area contributed by atoms with Crippen molar-refractivity contribution in [2.45, 2.75) is 105 Å². The smallest absolute Gasteiger partial charge is 0.155 e. The summed E-state index contributed by atoms with van der Waals surface area (Å²) in [5.74, 6) is 5.55. The van der Waals surface area contributed by atoms with Crippen LogP contribution in [0.3, 0.4) is 0 Å². The summed E-state index contributed by atoms with van der Waals surface area (Å²) in [6.07, 6.45) is 12.1. The Labute approximate surface area is 185 Å². The Kier molecular flexibility index (Phi) is 6.06. The quantitative estimate of drug-likeness (QED) is 0.536. The number of hydrogen-bond acceptors (Lipinski definition) is 2. The summed E-state index contributed by atoms with van der Waals surface area (Å²) in [6.45, 7) is 14.7. The highest BCUT2D eigenvalue weighted by atomic mass is 16.3. The summed E-state index contributed by atoms with van der Waals surface area (Å²) < 4.78 is 0. The Bertz CT molecular complexity index is 693. The van der Waals surface area contributed by atoms with Crippen molar-refractivity contribution in [2.24, 2.45) is 52.3 Å². The molecule has 0 aromatic heterocycles. The fraction of sp³-hybridized carbons (Fsp3) is 0.893.